The first kappa shape index (κ1) is 17.0. The fraction of sp³-hybridized carbons (Fsp3) is 0.250. The maximum atomic E-state index is 12.0. The highest BCUT2D eigenvalue weighted by Gasteiger charge is 2.08. The molecule has 0 aliphatic rings. The number of amides is 1. The molecule has 0 saturated heterocycles. The van der Waals surface area contributed by atoms with Crippen LogP contribution in [0, 0.1) is 0 Å². The van der Waals surface area contributed by atoms with Crippen molar-refractivity contribution in [2.24, 2.45) is 0 Å². The number of halogens is 1. The molecule has 4 nitrogen and oxygen atoms in total. The molecule has 21 heavy (non-hydrogen) atoms. The molecule has 1 aromatic heterocycles. The van der Waals surface area contributed by atoms with Gasteiger partial charge < -0.3 is 10.1 Å². The fourth-order valence-corrected chi connectivity index (χ4v) is 1.97. The molecule has 1 N–H and O–H groups in total. The van der Waals surface area contributed by atoms with Crippen molar-refractivity contribution in [1.29, 1.82) is 0 Å². The molecule has 0 spiro atoms. The predicted molar refractivity (Wildman–Crippen MR) is 85.0 cm³/mol. The Morgan fingerprint density at radius 1 is 1.24 bits per heavy atom. The van der Waals surface area contributed by atoms with Gasteiger partial charge >= 0.3 is 0 Å². The molecule has 2 rings (SSSR count). The average molecular weight is 307 g/mol. The number of aromatic nitrogens is 1. The van der Waals surface area contributed by atoms with Crippen LogP contribution >= 0.6 is 12.4 Å². The van der Waals surface area contributed by atoms with Crippen LogP contribution in [-0.2, 0) is 13.0 Å². The van der Waals surface area contributed by atoms with E-state index in [0.29, 0.717) is 12.1 Å². The summed E-state index contributed by atoms with van der Waals surface area (Å²) in [6, 6.07) is 9.41. The van der Waals surface area contributed by atoms with Crippen molar-refractivity contribution in [2.45, 2.75) is 19.9 Å². The van der Waals surface area contributed by atoms with Gasteiger partial charge in [-0.3, -0.25) is 9.78 Å². The molecule has 5 heteroatoms. The predicted octanol–water partition coefficient (Wildman–Crippen LogP) is 3.00. The van der Waals surface area contributed by atoms with Crippen molar-refractivity contribution in [2.75, 3.05) is 7.11 Å². The van der Waals surface area contributed by atoms with Gasteiger partial charge in [0.25, 0.3) is 5.91 Å². The third-order valence-electron chi connectivity index (χ3n) is 3.13. The summed E-state index contributed by atoms with van der Waals surface area (Å²) in [6.45, 7) is 2.54. The standard InChI is InChI=1S/C16H18N2O2.ClH/c1-3-12-4-5-15(20-2)14(10-12)11-18-16(19)13-6-8-17-9-7-13;/h4-10H,3,11H2,1-2H3,(H,18,19);1H. The minimum absolute atomic E-state index is 0. The van der Waals surface area contributed by atoms with E-state index in [-0.39, 0.29) is 18.3 Å². The van der Waals surface area contributed by atoms with Crippen LogP contribution < -0.4 is 10.1 Å². The van der Waals surface area contributed by atoms with Gasteiger partial charge in [-0.15, -0.1) is 12.4 Å². The number of nitrogens with zero attached hydrogens (tertiary/aromatic N) is 1. The van der Waals surface area contributed by atoms with Crippen molar-refractivity contribution in [3.63, 3.8) is 0 Å². The van der Waals surface area contributed by atoms with Crippen molar-refractivity contribution in [1.82, 2.24) is 10.3 Å². The van der Waals surface area contributed by atoms with E-state index in [1.807, 2.05) is 12.1 Å². The van der Waals surface area contributed by atoms with Gasteiger partial charge in [0.15, 0.2) is 0 Å². The van der Waals surface area contributed by atoms with E-state index in [1.54, 1.807) is 31.6 Å². The molecule has 0 bridgehead atoms. The van der Waals surface area contributed by atoms with E-state index in [0.717, 1.165) is 17.7 Å². The Balaban J connectivity index is 0.00000220. The molecular weight excluding hydrogens is 288 g/mol. The molecule has 0 fully saturated rings. The minimum Gasteiger partial charge on any atom is -0.496 e. The Labute approximate surface area is 131 Å². The number of rotatable bonds is 5. The number of carbonyl (C=O) groups is 1. The number of methoxy groups -OCH3 is 1. The number of ether oxygens (including phenoxy) is 1. The van der Waals surface area contributed by atoms with E-state index < -0.39 is 0 Å². The molecule has 0 atom stereocenters. The minimum atomic E-state index is -0.114. The lowest BCUT2D eigenvalue weighted by Gasteiger charge is -2.11. The van der Waals surface area contributed by atoms with E-state index in [4.69, 9.17) is 4.74 Å². The molecule has 1 amide bonds. The monoisotopic (exact) mass is 306 g/mol. The summed E-state index contributed by atoms with van der Waals surface area (Å²) in [6.07, 6.45) is 4.16. The van der Waals surface area contributed by atoms with Crippen LogP contribution in [-0.4, -0.2) is 18.0 Å². The number of benzene rings is 1. The molecule has 1 aromatic carbocycles. The number of nitrogens with one attached hydrogen (secondary N) is 1. The summed E-state index contributed by atoms with van der Waals surface area (Å²) in [7, 11) is 1.63. The van der Waals surface area contributed by atoms with Crippen LogP contribution in [0.15, 0.2) is 42.7 Å². The zero-order valence-corrected chi connectivity index (χ0v) is 12.9. The number of hydrogen-bond donors (Lipinski definition) is 1. The van der Waals surface area contributed by atoms with Crippen LogP contribution in [0.1, 0.15) is 28.4 Å². The fourth-order valence-electron chi connectivity index (χ4n) is 1.97. The number of hydrogen-bond acceptors (Lipinski definition) is 3. The molecule has 2 aromatic rings. The summed E-state index contributed by atoms with van der Waals surface area (Å²) >= 11 is 0. The lowest BCUT2D eigenvalue weighted by Crippen LogP contribution is -2.23. The Morgan fingerprint density at radius 3 is 2.57 bits per heavy atom. The van der Waals surface area contributed by atoms with Gasteiger partial charge in [-0.2, -0.15) is 0 Å². The highest BCUT2D eigenvalue weighted by molar-refractivity contribution is 5.93. The SMILES string of the molecule is CCc1ccc(OC)c(CNC(=O)c2ccncc2)c1.Cl. The topological polar surface area (TPSA) is 51.2 Å². The quantitative estimate of drug-likeness (QED) is 0.924. The lowest BCUT2D eigenvalue weighted by atomic mass is 10.1. The summed E-state index contributed by atoms with van der Waals surface area (Å²) < 4.78 is 5.32. The second-order valence-electron chi connectivity index (χ2n) is 4.42. The summed E-state index contributed by atoms with van der Waals surface area (Å²) in [5, 5.41) is 2.89. The second-order valence-corrected chi connectivity index (χ2v) is 4.42. The van der Waals surface area contributed by atoms with Crippen molar-refractivity contribution in [3.05, 3.63) is 59.4 Å². The van der Waals surface area contributed by atoms with Gasteiger partial charge in [0.1, 0.15) is 5.75 Å². The van der Waals surface area contributed by atoms with E-state index in [1.165, 1.54) is 5.56 Å². The van der Waals surface area contributed by atoms with Crippen LogP contribution in [0.25, 0.3) is 0 Å². The first-order chi connectivity index (χ1) is 9.74. The maximum Gasteiger partial charge on any atom is 0.251 e. The molecule has 0 radical (unpaired) electrons. The Bertz CT molecular complexity index is 588. The zero-order chi connectivity index (χ0) is 14.4. The van der Waals surface area contributed by atoms with Crippen LogP contribution in [0.5, 0.6) is 5.75 Å². The van der Waals surface area contributed by atoms with Crippen LogP contribution in [0.3, 0.4) is 0 Å². The molecule has 112 valence electrons. The van der Waals surface area contributed by atoms with Gasteiger partial charge in [0, 0.05) is 30.1 Å². The van der Waals surface area contributed by atoms with Gasteiger partial charge in [-0.05, 0) is 30.2 Å². The number of carbonyl (C=O) groups excluding carboxylic acids is 1. The molecule has 0 aliphatic heterocycles. The normalized spacial score (nSPS) is 9.62. The summed E-state index contributed by atoms with van der Waals surface area (Å²) in [4.78, 5) is 15.9. The molecule has 1 heterocycles. The van der Waals surface area contributed by atoms with Crippen molar-refractivity contribution < 1.29 is 9.53 Å². The average Bonchev–Trinajstić information content (AvgIpc) is 2.53. The molecule has 0 aliphatic carbocycles. The van der Waals surface area contributed by atoms with Gasteiger partial charge in [0.2, 0.25) is 0 Å². The Kier molecular flexibility index (Phi) is 6.69. The van der Waals surface area contributed by atoms with E-state index in [9.17, 15) is 4.79 Å². The molecule has 0 unspecified atom stereocenters. The first-order valence-corrected chi connectivity index (χ1v) is 6.58. The lowest BCUT2D eigenvalue weighted by molar-refractivity contribution is 0.0950. The highest BCUT2D eigenvalue weighted by Crippen LogP contribution is 2.20. The first-order valence-electron chi connectivity index (χ1n) is 6.58. The third kappa shape index (κ3) is 4.46. The second kappa shape index (κ2) is 8.27. The zero-order valence-electron chi connectivity index (χ0n) is 12.1. The van der Waals surface area contributed by atoms with Gasteiger partial charge in [-0.25, -0.2) is 0 Å². The smallest absolute Gasteiger partial charge is 0.251 e. The van der Waals surface area contributed by atoms with Gasteiger partial charge in [0.05, 0.1) is 7.11 Å². The van der Waals surface area contributed by atoms with Crippen molar-refractivity contribution >= 4 is 18.3 Å². The molecule has 0 saturated carbocycles. The van der Waals surface area contributed by atoms with E-state index >= 15 is 0 Å². The number of aryl methyl sites for hydroxylation is 1. The summed E-state index contributed by atoms with van der Waals surface area (Å²) in [5.41, 5.74) is 2.80. The van der Waals surface area contributed by atoms with E-state index in [2.05, 4.69) is 23.3 Å². The highest BCUT2D eigenvalue weighted by atomic mass is 35.5. The third-order valence-corrected chi connectivity index (χ3v) is 3.13. The molecular formula is C16H19ClN2O2. The van der Waals surface area contributed by atoms with Gasteiger partial charge in [-0.1, -0.05) is 19.1 Å². The van der Waals surface area contributed by atoms with Crippen LogP contribution in [0.2, 0.25) is 0 Å². The van der Waals surface area contributed by atoms with Crippen molar-refractivity contribution in [3.8, 4) is 5.75 Å². The maximum absolute atomic E-state index is 12.0. The van der Waals surface area contributed by atoms with Crippen LogP contribution in [0.4, 0.5) is 0 Å². The Morgan fingerprint density at radius 2 is 1.95 bits per heavy atom. The largest absolute Gasteiger partial charge is 0.496 e. The number of pyridine rings is 1. The summed E-state index contributed by atoms with van der Waals surface area (Å²) in [5.74, 6) is 0.675. The Hall–Kier alpha value is -2.07.